The molecule has 3 nitrogen and oxygen atoms in total. The number of thioether (sulfide) groups is 1. The molecule has 21 heavy (non-hydrogen) atoms. The number of carbonyl (C=O) groups excluding carboxylic acids is 1. The van der Waals surface area contributed by atoms with Crippen LogP contribution in [0.1, 0.15) is 26.2 Å². The Bertz CT molecular complexity index is 418. The minimum absolute atomic E-state index is 0.196. The van der Waals surface area contributed by atoms with Crippen molar-refractivity contribution in [3.63, 3.8) is 0 Å². The van der Waals surface area contributed by atoms with Crippen molar-refractivity contribution in [1.82, 2.24) is 10.6 Å². The number of benzene rings is 1. The van der Waals surface area contributed by atoms with Crippen molar-refractivity contribution in [2.75, 3.05) is 25.4 Å². The van der Waals surface area contributed by atoms with Gasteiger partial charge in [0.1, 0.15) is 0 Å². The molecular weight excluding hydrogens is 280 g/mol. The zero-order chi connectivity index (χ0) is 14.9. The summed E-state index contributed by atoms with van der Waals surface area (Å²) in [7, 11) is 0. The van der Waals surface area contributed by atoms with Gasteiger partial charge in [0.2, 0.25) is 5.91 Å². The molecule has 2 unspecified atom stereocenters. The van der Waals surface area contributed by atoms with Gasteiger partial charge in [-0.25, -0.2) is 0 Å². The molecule has 1 aliphatic rings. The third-order valence-electron chi connectivity index (χ3n) is 4.08. The van der Waals surface area contributed by atoms with Crippen LogP contribution in [0.15, 0.2) is 35.2 Å². The highest BCUT2D eigenvalue weighted by molar-refractivity contribution is 7.99. The van der Waals surface area contributed by atoms with E-state index >= 15 is 0 Å². The van der Waals surface area contributed by atoms with E-state index in [0.717, 1.165) is 25.4 Å². The Morgan fingerprint density at radius 1 is 1.43 bits per heavy atom. The molecule has 0 bridgehead atoms. The third-order valence-corrected chi connectivity index (χ3v) is 5.10. The Balaban J connectivity index is 1.58. The molecule has 1 aromatic carbocycles. The molecule has 116 valence electrons. The molecule has 1 aromatic rings. The van der Waals surface area contributed by atoms with Crippen LogP contribution in [0, 0.1) is 11.8 Å². The molecule has 1 amide bonds. The van der Waals surface area contributed by atoms with Gasteiger partial charge in [-0.1, -0.05) is 25.1 Å². The van der Waals surface area contributed by atoms with E-state index in [4.69, 9.17) is 0 Å². The lowest BCUT2D eigenvalue weighted by atomic mass is 9.85. The number of amides is 1. The predicted molar refractivity (Wildman–Crippen MR) is 89.6 cm³/mol. The predicted octanol–water partition coefficient (Wildman–Crippen LogP) is 2.92. The molecule has 0 aromatic heterocycles. The summed E-state index contributed by atoms with van der Waals surface area (Å²) < 4.78 is 0. The third kappa shape index (κ3) is 6.10. The van der Waals surface area contributed by atoms with E-state index in [1.165, 1.54) is 17.7 Å². The van der Waals surface area contributed by atoms with Crippen molar-refractivity contribution in [1.29, 1.82) is 0 Å². The highest BCUT2D eigenvalue weighted by atomic mass is 32.2. The smallest absolute Gasteiger partial charge is 0.220 e. The van der Waals surface area contributed by atoms with Crippen LogP contribution in [-0.4, -0.2) is 31.3 Å². The highest BCUT2D eigenvalue weighted by Gasteiger charge is 2.21. The maximum absolute atomic E-state index is 12.0. The zero-order valence-corrected chi connectivity index (χ0v) is 13.6. The number of hydrogen-bond acceptors (Lipinski definition) is 3. The minimum atomic E-state index is 0.196. The summed E-state index contributed by atoms with van der Waals surface area (Å²) in [6.45, 7) is 5.15. The SMILES string of the molecule is CC(CC(=O)NCCSc1ccccc1)C1CCCNC1. The molecule has 1 saturated heterocycles. The lowest BCUT2D eigenvalue weighted by molar-refractivity contribution is -0.122. The summed E-state index contributed by atoms with van der Waals surface area (Å²) in [5.74, 6) is 2.25. The number of piperidine rings is 1. The fourth-order valence-electron chi connectivity index (χ4n) is 2.77. The molecule has 0 spiro atoms. The zero-order valence-electron chi connectivity index (χ0n) is 12.8. The first-order valence-electron chi connectivity index (χ1n) is 7.91. The van der Waals surface area contributed by atoms with Gasteiger partial charge in [0, 0.05) is 23.6 Å². The maximum atomic E-state index is 12.0. The van der Waals surface area contributed by atoms with Gasteiger partial charge in [0.05, 0.1) is 0 Å². The maximum Gasteiger partial charge on any atom is 0.220 e. The Morgan fingerprint density at radius 2 is 2.24 bits per heavy atom. The van der Waals surface area contributed by atoms with Crippen LogP contribution in [0.25, 0.3) is 0 Å². The van der Waals surface area contributed by atoms with Crippen LogP contribution >= 0.6 is 11.8 Å². The first-order valence-corrected chi connectivity index (χ1v) is 8.89. The molecule has 2 rings (SSSR count). The largest absolute Gasteiger partial charge is 0.355 e. The van der Waals surface area contributed by atoms with Gasteiger partial charge in [-0.15, -0.1) is 11.8 Å². The molecule has 0 aliphatic carbocycles. The van der Waals surface area contributed by atoms with Crippen molar-refractivity contribution in [3.8, 4) is 0 Å². The van der Waals surface area contributed by atoms with E-state index < -0.39 is 0 Å². The van der Waals surface area contributed by atoms with Gasteiger partial charge < -0.3 is 10.6 Å². The van der Waals surface area contributed by atoms with Crippen molar-refractivity contribution < 1.29 is 4.79 Å². The van der Waals surface area contributed by atoms with E-state index in [2.05, 4.69) is 29.7 Å². The molecule has 2 atom stereocenters. The fraction of sp³-hybridized carbons (Fsp3) is 0.588. The quantitative estimate of drug-likeness (QED) is 0.601. The van der Waals surface area contributed by atoms with Gasteiger partial charge in [0.25, 0.3) is 0 Å². The van der Waals surface area contributed by atoms with Crippen LogP contribution in [0.5, 0.6) is 0 Å². The van der Waals surface area contributed by atoms with E-state index in [0.29, 0.717) is 18.3 Å². The Hall–Kier alpha value is -1.00. The number of carbonyl (C=O) groups is 1. The van der Waals surface area contributed by atoms with Crippen molar-refractivity contribution in [3.05, 3.63) is 30.3 Å². The Labute approximate surface area is 132 Å². The molecular formula is C17H26N2OS. The minimum Gasteiger partial charge on any atom is -0.355 e. The number of hydrogen-bond donors (Lipinski definition) is 2. The lowest BCUT2D eigenvalue weighted by Crippen LogP contribution is -2.36. The molecule has 2 N–H and O–H groups in total. The number of rotatable bonds is 7. The van der Waals surface area contributed by atoms with Crippen LogP contribution in [-0.2, 0) is 4.79 Å². The number of nitrogens with one attached hydrogen (secondary N) is 2. The molecule has 1 heterocycles. The summed E-state index contributed by atoms with van der Waals surface area (Å²) in [6.07, 6.45) is 3.15. The molecule has 0 saturated carbocycles. The van der Waals surface area contributed by atoms with Gasteiger partial charge in [-0.3, -0.25) is 4.79 Å². The van der Waals surface area contributed by atoms with Crippen LogP contribution < -0.4 is 10.6 Å². The van der Waals surface area contributed by atoms with Crippen LogP contribution in [0.3, 0.4) is 0 Å². The van der Waals surface area contributed by atoms with Gasteiger partial charge in [-0.05, 0) is 49.9 Å². The van der Waals surface area contributed by atoms with Gasteiger partial charge in [-0.2, -0.15) is 0 Å². The normalized spacial score (nSPS) is 20.0. The Kier molecular flexibility index (Phi) is 7.10. The van der Waals surface area contributed by atoms with Crippen molar-refractivity contribution in [2.24, 2.45) is 11.8 Å². The molecule has 1 fully saturated rings. The summed E-state index contributed by atoms with van der Waals surface area (Å²) in [6, 6.07) is 10.3. The van der Waals surface area contributed by atoms with E-state index in [9.17, 15) is 4.79 Å². The molecule has 0 radical (unpaired) electrons. The van der Waals surface area contributed by atoms with Gasteiger partial charge in [0.15, 0.2) is 0 Å². The van der Waals surface area contributed by atoms with E-state index in [-0.39, 0.29) is 5.91 Å². The van der Waals surface area contributed by atoms with Crippen molar-refractivity contribution in [2.45, 2.75) is 31.1 Å². The van der Waals surface area contributed by atoms with Gasteiger partial charge >= 0.3 is 0 Å². The summed E-state index contributed by atoms with van der Waals surface area (Å²) >= 11 is 1.78. The van der Waals surface area contributed by atoms with Crippen LogP contribution in [0.4, 0.5) is 0 Å². The van der Waals surface area contributed by atoms with Crippen molar-refractivity contribution >= 4 is 17.7 Å². The first-order chi connectivity index (χ1) is 10.3. The second-order valence-electron chi connectivity index (χ2n) is 5.80. The highest BCUT2D eigenvalue weighted by Crippen LogP contribution is 2.22. The average Bonchev–Trinajstić information content (AvgIpc) is 2.53. The average molecular weight is 306 g/mol. The van der Waals surface area contributed by atoms with E-state index in [1.807, 2.05) is 18.2 Å². The second kappa shape index (κ2) is 9.11. The van der Waals surface area contributed by atoms with Crippen LogP contribution in [0.2, 0.25) is 0 Å². The Morgan fingerprint density at radius 3 is 2.95 bits per heavy atom. The topological polar surface area (TPSA) is 41.1 Å². The fourth-order valence-corrected chi connectivity index (χ4v) is 3.56. The monoisotopic (exact) mass is 306 g/mol. The summed E-state index contributed by atoms with van der Waals surface area (Å²) in [4.78, 5) is 13.2. The lowest BCUT2D eigenvalue weighted by Gasteiger charge is -2.28. The molecule has 4 heteroatoms. The molecule has 1 aliphatic heterocycles. The summed E-state index contributed by atoms with van der Waals surface area (Å²) in [5.41, 5.74) is 0. The second-order valence-corrected chi connectivity index (χ2v) is 6.97. The van der Waals surface area contributed by atoms with E-state index in [1.54, 1.807) is 11.8 Å². The first kappa shape index (κ1) is 16.4. The summed E-state index contributed by atoms with van der Waals surface area (Å²) in [5, 5.41) is 6.47. The standard InChI is InChI=1S/C17H26N2OS/c1-14(15-6-5-9-18-13-15)12-17(20)19-10-11-21-16-7-3-2-4-8-16/h2-4,7-8,14-15,18H,5-6,9-13H2,1H3,(H,19,20).